The second-order valence-electron chi connectivity index (χ2n) is 4.30. The monoisotopic (exact) mass is 271 g/mol. The molecule has 0 aromatic heterocycles. The van der Waals surface area contributed by atoms with Crippen LogP contribution in [0.3, 0.4) is 0 Å². The standard InChI is InChI=1S/C14H13N3O3/c15-7-11(14(20)16-8-13(18)19)9-17-6-5-10-3-1-2-4-12(10)17/h1-4,9H,5-6,8H2,(H,16,20)(H,18,19)/b11-9-. The quantitative estimate of drug-likeness (QED) is 0.619. The first kappa shape index (κ1) is 13.6. The van der Waals surface area contributed by atoms with Crippen molar-refractivity contribution < 1.29 is 14.7 Å². The molecule has 0 aliphatic carbocycles. The molecule has 1 aromatic rings. The van der Waals surface area contributed by atoms with E-state index >= 15 is 0 Å². The van der Waals surface area contributed by atoms with Gasteiger partial charge in [0.1, 0.15) is 18.2 Å². The lowest BCUT2D eigenvalue weighted by atomic mass is 10.2. The van der Waals surface area contributed by atoms with Crippen LogP contribution in [0, 0.1) is 11.3 Å². The van der Waals surface area contributed by atoms with Crippen molar-refractivity contribution in [2.75, 3.05) is 18.0 Å². The van der Waals surface area contributed by atoms with Crippen LogP contribution in [0.5, 0.6) is 0 Å². The van der Waals surface area contributed by atoms with Gasteiger partial charge in [0.25, 0.3) is 5.91 Å². The number of hydrogen-bond donors (Lipinski definition) is 2. The van der Waals surface area contributed by atoms with Gasteiger partial charge in [0.05, 0.1) is 0 Å². The zero-order valence-electron chi connectivity index (χ0n) is 10.7. The molecule has 2 rings (SSSR count). The molecule has 1 amide bonds. The summed E-state index contributed by atoms with van der Waals surface area (Å²) in [5.41, 5.74) is 2.02. The molecule has 6 heteroatoms. The van der Waals surface area contributed by atoms with Crippen LogP contribution in [0.15, 0.2) is 36.0 Å². The molecule has 0 atom stereocenters. The van der Waals surface area contributed by atoms with Gasteiger partial charge in [-0.1, -0.05) is 18.2 Å². The van der Waals surface area contributed by atoms with Crippen LogP contribution in [0.2, 0.25) is 0 Å². The Bertz CT molecular complexity index is 616. The van der Waals surface area contributed by atoms with Gasteiger partial charge in [0, 0.05) is 18.4 Å². The predicted molar refractivity (Wildman–Crippen MR) is 71.8 cm³/mol. The Morgan fingerprint density at radius 1 is 1.45 bits per heavy atom. The van der Waals surface area contributed by atoms with E-state index in [1.807, 2.05) is 29.2 Å². The van der Waals surface area contributed by atoms with Crippen LogP contribution in [-0.4, -0.2) is 30.1 Å². The lowest BCUT2D eigenvalue weighted by Gasteiger charge is -2.14. The van der Waals surface area contributed by atoms with Gasteiger partial charge in [0.2, 0.25) is 0 Å². The number of anilines is 1. The largest absolute Gasteiger partial charge is 0.480 e. The molecular formula is C14H13N3O3. The number of aliphatic carboxylic acids is 1. The van der Waals surface area contributed by atoms with Crippen molar-refractivity contribution in [1.29, 1.82) is 5.26 Å². The summed E-state index contributed by atoms with van der Waals surface area (Å²) in [6.45, 7) is 0.186. The fraction of sp³-hybridized carbons (Fsp3) is 0.214. The molecule has 20 heavy (non-hydrogen) atoms. The van der Waals surface area contributed by atoms with E-state index in [1.54, 1.807) is 6.07 Å². The molecule has 1 aromatic carbocycles. The molecule has 6 nitrogen and oxygen atoms in total. The highest BCUT2D eigenvalue weighted by Gasteiger charge is 2.19. The maximum absolute atomic E-state index is 11.7. The number of nitrogens with zero attached hydrogens (tertiary/aromatic N) is 2. The van der Waals surface area contributed by atoms with Crippen LogP contribution in [0.1, 0.15) is 5.56 Å². The van der Waals surface area contributed by atoms with Gasteiger partial charge in [-0.15, -0.1) is 0 Å². The van der Waals surface area contributed by atoms with E-state index in [9.17, 15) is 9.59 Å². The maximum Gasteiger partial charge on any atom is 0.322 e. The Labute approximate surface area is 115 Å². The number of hydrogen-bond acceptors (Lipinski definition) is 4. The molecule has 0 saturated heterocycles. The smallest absolute Gasteiger partial charge is 0.322 e. The minimum absolute atomic E-state index is 0.108. The summed E-state index contributed by atoms with van der Waals surface area (Å²) in [6.07, 6.45) is 2.31. The zero-order valence-corrected chi connectivity index (χ0v) is 10.7. The highest BCUT2D eigenvalue weighted by atomic mass is 16.4. The van der Waals surface area contributed by atoms with E-state index in [-0.39, 0.29) is 5.57 Å². The van der Waals surface area contributed by atoms with Crippen molar-refractivity contribution in [2.45, 2.75) is 6.42 Å². The molecule has 0 unspecified atom stereocenters. The second kappa shape index (κ2) is 5.89. The van der Waals surface area contributed by atoms with E-state index in [4.69, 9.17) is 10.4 Å². The average Bonchev–Trinajstić information content (AvgIpc) is 2.85. The highest BCUT2D eigenvalue weighted by molar-refractivity contribution is 5.99. The lowest BCUT2D eigenvalue weighted by molar-refractivity contribution is -0.137. The van der Waals surface area contributed by atoms with Crippen LogP contribution in [0.4, 0.5) is 5.69 Å². The Balaban J connectivity index is 2.15. The number of benzene rings is 1. The van der Waals surface area contributed by atoms with Gasteiger partial charge in [-0.3, -0.25) is 9.59 Å². The Kier molecular flexibility index (Phi) is 4.01. The van der Waals surface area contributed by atoms with E-state index in [2.05, 4.69) is 5.32 Å². The second-order valence-corrected chi connectivity index (χ2v) is 4.30. The summed E-state index contributed by atoms with van der Waals surface area (Å²) in [6, 6.07) is 9.55. The van der Waals surface area contributed by atoms with Gasteiger partial charge < -0.3 is 15.3 Å². The summed E-state index contributed by atoms with van der Waals surface area (Å²) < 4.78 is 0. The molecule has 0 bridgehead atoms. The minimum atomic E-state index is -1.15. The number of carboxylic acid groups (broad SMARTS) is 1. The Hall–Kier alpha value is -2.81. The normalized spacial score (nSPS) is 13.6. The number of nitrogens with one attached hydrogen (secondary N) is 1. The molecule has 0 saturated carbocycles. The Morgan fingerprint density at radius 3 is 2.90 bits per heavy atom. The number of nitriles is 1. The third-order valence-corrected chi connectivity index (χ3v) is 2.97. The first-order valence-electron chi connectivity index (χ1n) is 6.08. The van der Waals surface area contributed by atoms with Crippen molar-refractivity contribution in [3.8, 4) is 6.07 Å². The van der Waals surface area contributed by atoms with E-state index < -0.39 is 18.4 Å². The summed E-state index contributed by atoms with van der Waals surface area (Å²) in [7, 11) is 0. The Morgan fingerprint density at radius 2 is 2.20 bits per heavy atom. The number of rotatable bonds is 4. The first-order chi connectivity index (χ1) is 9.61. The van der Waals surface area contributed by atoms with Crippen LogP contribution < -0.4 is 10.2 Å². The molecule has 1 aliphatic rings. The summed E-state index contributed by atoms with van der Waals surface area (Å²) in [4.78, 5) is 23.9. The average molecular weight is 271 g/mol. The van der Waals surface area contributed by atoms with Gasteiger partial charge >= 0.3 is 5.97 Å². The van der Waals surface area contributed by atoms with Crippen LogP contribution in [-0.2, 0) is 16.0 Å². The zero-order chi connectivity index (χ0) is 14.5. The van der Waals surface area contributed by atoms with Gasteiger partial charge in [-0.05, 0) is 18.1 Å². The number of para-hydroxylation sites is 1. The summed E-state index contributed by atoms with van der Waals surface area (Å²) >= 11 is 0. The van der Waals surface area contributed by atoms with Gasteiger partial charge in [-0.2, -0.15) is 5.26 Å². The molecule has 0 fully saturated rings. The van der Waals surface area contributed by atoms with E-state index in [0.717, 1.165) is 17.7 Å². The van der Waals surface area contributed by atoms with Crippen molar-refractivity contribution in [2.24, 2.45) is 0 Å². The maximum atomic E-state index is 11.7. The number of carbonyl (C=O) groups excluding carboxylic acids is 1. The number of amides is 1. The van der Waals surface area contributed by atoms with Crippen molar-refractivity contribution in [3.63, 3.8) is 0 Å². The third-order valence-electron chi connectivity index (χ3n) is 2.97. The molecule has 0 spiro atoms. The minimum Gasteiger partial charge on any atom is -0.480 e. The van der Waals surface area contributed by atoms with Crippen LogP contribution >= 0.6 is 0 Å². The fourth-order valence-electron chi connectivity index (χ4n) is 2.04. The SMILES string of the molecule is N#C/C(=C/N1CCc2ccccc21)C(=O)NCC(=O)O. The molecule has 102 valence electrons. The third kappa shape index (κ3) is 2.95. The molecule has 0 radical (unpaired) electrons. The topological polar surface area (TPSA) is 93.4 Å². The van der Waals surface area contributed by atoms with Crippen molar-refractivity contribution in [1.82, 2.24) is 5.32 Å². The molecule has 1 aliphatic heterocycles. The fourth-order valence-corrected chi connectivity index (χ4v) is 2.04. The van der Waals surface area contributed by atoms with Gasteiger partial charge in [-0.25, -0.2) is 0 Å². The predicted octanol–water partition coefficient (Wildman–Crippen LogP) is 0.657. The van der Waals surface area contributed by atoms with Crippen molar-refractivity contribution >= 4 is 17.6 Å². The summed E-state index contributed by atoms with van der Waals surface area (Å²) in [5, 5.41) is 19.7. The number of carboxylic acids is 1. The van der Waals surface area contributed by atoms with Crippen LogP contribution in [0.25, 0.3) is 0 Å². The van der Waals surface area contributed by atoms with Crippen molar-refractivity contribution in [3.05, 3.63) is 41.6 Å². The number of fused-ring (bicyclic) bond motifs is 1. The first-order valence-corrected chi connectivity index (χ1v) is 6.08. The van der Waals surface area contributed by atoms with Gasteiger partial charge in [0.15, 0.2) is 0 Å². The molecule has 2 N–H and O–H groups in total. The van der Waals surface area contributed by atoms with E-state index in [0.29, 0.717) is 6.54 Å². The molecular weight excluding hydrogens is 258 g/mol. The van der Waals surface area contributed by atoms with E-state index in [1.165, 1.54) is 6.20 Å². The highest BCUT2D eigenvalue weighted by Crippen LogP contribution is 2.27. The lowest BCUT2D eigenvalue weighted by Crippen LogP contribution is -2.31. The summed E-state index contributed by atoms with van der Waals surface area (Å²) in [5.74, 6) is -1.83. The molecule has 1 heterocycles. The number of carbonyl (C=O) groups is 2.